The second-order valence-electron chi connectivity index (χ2n) is 4.17. The van der Waals surface area contributed by atoms with Crippen molar-refractivity contribution in [1.29, 1.82) is 0 Å². The maximum Gasteiger partial charge on any atom is 0.147 e. The molecule has 0 unspecified atom stereocenters. The van der Waals surface area contributed by atoms with Crippen LogP contribution in [-0.4, -0.2) is 23.1 Å². The second kappa shape index (κ2) is 5.75. The van der Waals surface area contributed by atoms with E-state index in [0.29, 0.717) is 24.6 Å². The van der Waals surface area contributed by atoms with Gasteiger partial charge >= 0.3 is 0 Å². The number of para-hydroxylation sites is 2. The summed E-state index contributed by atoms with van der Waals surface area (Å²) in [4.78, 5) is 8.45. The van der Waals surface area contributed by atoms with Gasteiger partial charge in [-0.2, -0.15) is 0 Å². The van der Waals surface area contributed by atoms with E-state index in [1.165, 1.54) is 0 Å². The average Bonchev–Trinajstić information content (AvgIpc) is 2.94. The van der Waals surface area contributed by atoms with Gasteiger partial charge in [0.2, 0.25) is 0 Å². The zero-order valence-electron chi connectivity index (χ0n) is 10.7. The highest BCUT2D eigenvalue weighted by atomic mass is 32.1. The second-order valence-corrected chi connectivity index (χ2v) is 5.09. The van der Waals surface area contributed by atoms with E-state index in [-0.39, 0.29) is 0 Å². The summed E-state index contributed by atoms with van der Waals surface area (Å²) in [5, 5.41) is 5.26. The van der Waals surface area contributed by atoms with Gasteiger partial charge in [0.1, 0.15) is 24.5 Å². The Labute approximate surface area is 120 Å². The Morgan fingerprint density at radius 2 is 2.10 bits per heavy atom. The van der Waals surface area contributed by atoms with Crippen LogP contribution in [0.2, 0.25) is 0 Å². The zero-order chi connectivity index (χ0) is 13.8. The molecule has 3 aromatic rings. The number of nitrogens with one attached hydrogen (secondary N) is 1. The Hall–Kier alpha value is -2.34. The Kier molecular flexibility index (Phi) is 3.64. The lowest BCUT2D eigenvalue weighted by Crippen LogP contribution is -2.13. The number of rotatable bonds is 5. The number of ether oxygens (including phenoxy) is 1. The monoisotopic (exact) mass is 286 g/mol. The molecule has 6 heteroatoms. The van der Waals surface area contributed by atoms with Gasteiger partial charge in [-0.3, -0.25) is 0 Å². The summed E-state index contributed by atoms with van der Waals surface area (Å²) in [7, 11) is 0. The topological polar surface area (TPSA) is 73.1 Å². The van der Waals surface area contributed by atoms with Crippen LogP contribution in [0.4, 0.5) is 11.5 Å². The number of fused-ring (bicyclic) bond motifs is 1. The van der Waals surface area contributed by atoms with Crippen molar-refractivity contribution in [2.24, 2.45) is 0 Å². The summed E-state index contributed by atoms with van der Waals surface area (Å²) in [5.74, 6) is 1.55. The smallest absolute Gasteiger partial charge is 0.147 e. The molecule has 1 aromatic carbocycles. The molecule has 0 aliphatic carbocycles. The van der Waals surface area contributed by atoms with E-state index in [1.54, 1.807) is 17.7 Å². The van der Waals surface area contributed by atoms with Crippen molar-refractivity contribution in [2.45, 2.75) is 0 Å². The molecule has 0 saturated carbocycles. The van der Waals surface area contributed by atoms with Crippen LogP contribution in [0.3, 0.4) is 0 Å². The summed E-state index contributed by atoms with van der Waals surface area (Å²) >= 11 is 1.62. The van der Waals surface area contributed by atoms with Gasteiger partial charge in [0.15, 0.2) is 0 Å². The van der Waals surface area contributed by atoms with Gasteiger partial charge in [-0.05, 0) is 23.6 Å². The lowest BCUT2D eigenvalue weighted by molar-refractivity contribution is 0.334. The number of nitrogen functional groups attached to an aromatic ring is 1. The van der Waals surface area contributed by atoms with Crippen LogP contribution < -0.4 is 15.8 Å². The van der Waals surface area contributed by atoms with Gasteiger partial charge in [0.05, 0.1) is 22.4 Å². The third-order valence-corrected chi connectivity index (χ3v) is 3.72. The molecule has 3 rings (SSSR count). The maximum absolute atomic E-state index is 5.81. The molecule has 102 valence electrons. The first-order chi connectivity index (χ1) is 9.84. The molecule has 0 aliphatic rings. The fraction of sp³-hybridized carbons (Fsp3) is 0.143. The highest BCUT2D eigenvalue weighted by Crippen LogP contribution is 2.24. The fourth-order valence-electron chi connectivity index (χ4n) is 1.86. The summed E-state index contributed by atoms with van der Waals surface area (Å²) in [6.45, 7) is 1.17. The number of benzene rings is 1. The van der Waals surface area contributed by atoms with E-state index in [2.05, 4.69) is 15.3 Å². The van der Waals surface area contributed by atoms with Crippen molar-refractivity contribution in [2.75, 3.05) is 24.2 Å². The predicted molar refractivity (Wildman–Crippen MR) is 82.3 cm³/mol. The molecule has 0 bridgehead atoms. The molecule has 2 aromatic heterocycles. The van der Waals surface area contributed by atoms with E-state index >= 15 is 0 Å². The molecule has 0 spiro atoms. The van der Waals surface area contributed by atoms with E-state index < -0.39 is 0 Å². The molecule has 20 heavy (non-hydrogen) atoms. The summed E-state index contributed by atoms with van der Waals surface area (Å²) < 4.78 is 6.69. The highest BCUT2D eigenvalue weighted by molar-refractivity contribution is 7.17. The lowest BCUT2D eigenvalue weighted by atomic mass is 10.3. The summed E-state index contributed by atoms with van der Waals surface area (Å²) in [6, 6.07) is 9.45. The van der Waals surface area contributed by atoms with Gasteiger partial charge in [-0.15, -0.1) is 11.3 Å². The standard InChI is InChI=1S/C14H14N4OS/c15-10-3-1-2-4-12(10)19-7-6-16-14-13-11(5-8-20-13)17-9-18-14/h1-5,8-9H,6-7,15H2,(H,16,17,18). The quantitative estimate of drug-likeness (QED) is 0.557. The van der Waals surface area contributed by atoms with Crippen LogP contribution >= 0.6 is 11.3 Å². The number of nitrogens with zero attached hydrogens (tertiary/aromatic N) is 2. The van der Waals surface area contributed by atoms with E-state index in [0.717, 1.165) is 16.0 Å². The molecule has 0 aliphatic heterocycles. The van der Waals surface area contributed by atoms with E-state index in [4.69, 9.17) is 10.5 Å². The van der Waals surface area contributed by atoms with Crippen LogP contribution in [0.15, 0.2) is 42.0 Å². The third-order valence-electron chi connectivity index (χ3n) is 2.81. The SMILES string of the molecule is Nc1ccccc1OCCNc1ncnc2ccsc12. The normalized spacial score (nSPS) is 10.6. The average molecular weight is 286 g/mol. The van der Waals surface area contributed by atoms with Crippen molar-refractivity contribution >= 4 is 33.1 Å². The van der Waals surface area contributed by atoms with Crippen LogP contribution in [-0.2, 0) is 0 Å². The summed E-state index contributed by atoms with van der Waals surface area (Å²) in [5.41, 5.74) is 7.42. The molecule has 0 saturated heterocycles. The Bertz CT molecular complexity index is 713. The minimum atomic E-state index is 0.519. The number of aromatic nitrogens is 2. The Morgan fingerprint density at radius 1 is 1.20 bits per heavy atom. The Balaban J connectivity index is 1.58. The minimum absolute atomic E-state index is 0.519. The first-order valence-electron chi connectivity index (χ1n) is 6.24. The summed E-state index contributed by atoms with van der Waals surface area (Å²) in [6.07, 6.45) is 1.56. The van der Waals surface area contributed by atoms with E-state index in [9.17, 15) is 0 Å². The highest BCUT2D eigenvalue weighted by Gasteiger charge is 2.04. The van der Waals surface area contributed by atoms with Crippen molar-refractivity contribution in [3.63, 3.8) is 0 Å². The first kappa shape index (κ1) is 12.7. The van der Waals surface area contributed by atoms with Crippen LogP contribution in [0.5, 0.6) is 5.75 Å². The van der Waals surface area contributed by atoms with Gasteiger partial charge in [-0.25, -0.2) is 9.97 Å². The number of thiophene rings is 1. The van der Waals surface area contributed by atoms with Gasteiger partial charge in [0, 0.05) is 0 Å². The van der Waals surface area contributed by atoms with Crippen molar-refractivity contribution in [3.8, 4) is 5.75 Å². The molecular weight excluding hydrogens is 272 g/mol. The molecule has 3 N–H and O–H groups in total. The van der Waals surface area contributed by atoms with Gasteiger partial charge in [0.25, 0.3) is 0 Å². The number of hydrogen-bond donors (Lipinski definition) is 2. The van der Waals surface area contributed by atoms with Crippen molar-refractivity contribution in [3.05, 3.63) is 42.0 Å². The molecule has 0 amide bonds. The predicted octanol–water partition coefficient (Wildman–Crippen LogP) is 2.76. The van der Waals surface area contributed by atoms with Gasteiger partial charge < -0.3 is 15.8 Å². The maximum atomic E-state index is 5.81. The molecule has 0 fully saturated rings. The molecule has 2 heterocycles. The van der Waals surface area contributed by atoms with Crippen LogP contribution in [0.1, 0.15) is 0 Å². The molecule has 5 nitrogen and oxygen atoms in total. The van der Waals surface area contributed by atoms with Crippen LogP contribution in [0, 0.1) is 0 Å². The Morgan fingerprint density at radius 3 is 3.00 bits per heavy atom. The fourth-order valence-corrected chi connectivity index (χ4v) is 2.67. The molecular formula is C14H14N4OS. The van der Waals surface area contributed by atoms with Crippen molar-refractivity contribution < 1.29 is 4.74 Å². The zero-order valence-corrected chi connectivity index (χ0v) is 11.6. The van der Waals surface area contributed by atoms with E-state index in [1.807, 2.05) is 35.7 Å². The lowest BCUT2D eigenvalue weighted by Gasteiger charge is -2.09. The minimum Gasteiger partial charge on any atom is -0.490 e. The first-order valence-corrected chi connectivity index (χ1v) is 7.12. The third kappa shape index (κ3) is 2.65. The number of nitrogens with two attached hydrogens (primary N) is 1. The molecule has 0 atom stereocenters. The van der Waals surface area contributed by atoms with Crippen molar-refractivity contribution in [1.82, 2.24) is 9.97 Å². The number of hydrogen-bond acceptors (Lipinski definition) is 6. The number of anilines is 2. The largest absolute Gasteiger partial charge is 0.490 e. The van der Waals surface area contributed by atoms with Crippen LogP contribution in [0.25, 0.3) is 10.2 Å². The van der Waals surface area contributed by atoms with Gasteiger partial charge in [-0.1, -0.05) is 12.1 Å². The molecule has 0 radical (unpaired) electrons.